The number of H-pyrrole nitrogens is 1. The maximum Gasteiger partial charge on any atom is 0.328 e. The number of hydrogen-bond donors (Lipinski definition) is 1. The second kappa shape index (κ2) is 4.67. The molecule has 0 spiro atoms. The van der Waals surface area contributed by atoms with Crippen molar-refractivity contribution < 1.29 is 0 Å². The minimum absolute atomic E-state index is 0.0869. The summed E-state index contributed by atoms with van der Waals surface area (Å²) in [7, 11) is 0. The lowest BCUT2D eigenvalue weighted by Crippen LogP contribution is -2.31. The summed E-state index contributed by atoms with van der Waals surface area (Å²) in [4.78, 5) is 28.9. The third-order valence-electron chi connectivity index (χ3n) is 2.62. The molecule has 0 fully saturated rings. The number of aromatic nitrogens is 3. The second-order valence-electron chi connectivity index (χ2n) is 3.84. The Morgan fingerprint density at radius 1 is 1.50 bits per heavy atom. The Hall–Kier alpha value is -2.68. The molecule has 1 N–H and O–H groups in total. The molecule has 0 aliphatic heterocycles. The van der Waals surface area contributed by atoms with Crippen molar-refractivity contribution in [1.29, 1.82) is 5.26 Å². The average molecular weight is 242 g/mol. The first-order valence-corrected chi connectivity index (χ1v) is 5.25. The van der Waals surface area contributed by atoms with Crippen molar-refractivity contribution in [2.45, 2.75) is 13.5 Å². The number of aryl methyl sites for hydroxylation is 1. The summed E-state index contributed by atoms with van der Waals surface area (Å²) in [5.74, 6) is 0. The van der Waals surface area contributed by atoms with Gasteiger partial charge in [0.2, 0.25) is 0 Å². The summed E-state index contributed by atoms with van der Waals surface area (Å²) in [6, 6.07) is 3.57. The maximum atomic E-state index is 11.6. The van der Waals surface area contributed by atoms with Gasteiger partial charge in [-0.25, -0.2) is 4.79 Å². The highest BCUT2D eigenvalue weighted by molar-refractivity contribution is 5.24. The number of rotatable bonds is 2. The minimum Gasteiger partial charge on any atom is -0.295 e. The van der Waals surface area contributed by atoms with Crippen molar-refractivity contribution in [3.8, 4) is 6.07 Å². The molecule has 0 bridgehead atoms. The van der Waals surface area contributed by atoms with Gasteiger partial charge < -0.3 is 0 Å². The Kier molecular flexibility index (Phi) is 3.06. The molecule has 18 heavy (non-hydrogen) atoms. The summed E-state index contributed by atoms with van der Waals surface area (Å²) in [5, 5.41) is 8.76. The van der Waals surface area contributed by atoms with E-state index in [9.17, 15) is 9.59 Å². The summed E-state index contributed by atoms with van der Waals surface area (Å²) in [6.45, 7) is 2.17. The number of hydrogen-bond acceptors (Lipinski definition) is 4. The Balaban J connectivity index is 2.48. The van der Waals surface area contributed by atoms with Crippen molar-refractivity contribution in [1.82, 2.24) is 14.5 Å². The SMILES string of the molecule is Cc1ccncc1Cn1cc(C#N)c(=O)[nH]c1=O. The van der Waals surface area contributed by atoms with E-state index >= 15 is 0 Å². The molecule has 0 unspecified atom stereocenters. The molecule has 90 valence electrons. The summed E-state index contributed by atoms with van der Waals surface area (Å²) in [5.41, 5.74) is 0.553. The third-order valence-corrected chi connectivity index (χ3v) is 2.62. The van der Waals surface area contributed by atoms with Gasteiger partial charge in [0.15, 0.2) is 0 Å². The molecule has 2 aromatic heterocycles. The molecule has 0 aliphatic carbocycles. The standard InChI is InChI=1S/C12H10N4O2/c1-8-2-3-14-5-10(8)7-16-6-9(4-13)11(17)15-12(16)18/h2-3,5-6H,7H2,1H3,(H,15,17,18). The van der Waals surface area contributed by atoms with E-state index < -0.39 is 11.2 Å². The van der Waals surface area contributed by atoms with Crippen molar-refractivity contribution in [2.24, 2.45) is 0 Å². The quantitative estimate of drug-likeness (QED) is 0.812. The highest BCUT2D eigenvalue weighted by atomic mass is 16.2. The van der Waals surface area contributed by atoms with Gasteiger partial charge in [-0.2, -0.15) is 5.26 Å². The Labute approximate surface area is 102 Å². The monoisotopic (exact) mass is 242 g/mol. The van der Waals surface area contributed by atoms with Gasteiger partial charge in [-0.05, 0) is 24.1 Å². The largest absolute Gasteiger partial charge is 0.328 e. The Bertz CT molecular complexity index is 737. The number of nitriles is 1. The van der Waals surface area contributed by atoms with Crippen molar-refractivity contribution in [3.05, 3.63) is 62.2 Å². The number of nitrogens with one attached hydrogen (secondary N) is 1. The van der Waals surface area contributed by atoms with Crippen LogP contribution in [-0.4, -0.2) is 14.5 Å². The molecule has 0 aliphatic rings. The molecule has 0 saturated carbocycles. The minimum atomic E-state index is -0.665. The van der Waals surface area contributed by atoms with Crippen LogP contribution in [0.4, 0.5) is 0 Å². The number of nitrogens with zero attached hydrogens (tertiary/aromatic N) is 3. The van der Waals surface area contributed by atoms with Gasteiger partial charge in [-0.15, -0.1) is 0 Å². The lowest BCUT2D eigenvalue weighted by atomic mass is 10.1. The molecule has 0 amide bonds. The van der Waals surface area contributed by atoms with Gasteiger partial charge in [0.05, 0.1) is 6.54 Å². The Morgan fingerprint density at radius 2 is 2.28 bits per heavy atom. The zero-order valence-electron chi connectivity index (χ0n) is 9.67. The highest BCUT2D eigenvalue weighted by Crippen LogP contribution is 2.05. The van der Waals surface area contributed by atoms with Crippen molar-refractivity contribution >= 4 is 0 Å². The van der Waals surface area contributed by atoms with Crippen LogP contribution in [0.2, 0.25) is 0 Å². The van der Waals surface area contributed by atoms with Crippen LogP contribution in [0.3, 0.4) is 0 Å². The van der Waals surface area contributed by atoms with E-state index in [1.807, 2.05) is 13.0 Å². The average Bonchev–Trinajstić information content (AvgIpc) is 2.35. The van der Waals surface area contributed by atoms with Crippen molar-refractivity contribution in [3.63, 3.8) is 0 Å². The molecule has 0 radical (unpaired) electrons. The molecular weight excluding hydrogens is 232 g/mol. The van der Waals surface area contributed by atoms with E-state index in [0.717, 1.165) is 11.1 Å². The van der Waals surface area contributed by atoms with Gasteiger partial charge in [0.25, 0.3) is 5.56 Å². The van der Waals surface area contributed by atoms with Crippen LogP contribution in [0.5, 0.6) is 0 Å². The molecule has 2 rings (SSSR count). The van der Waals surface area contributed by atoms with Crippen LogP contribution in [0.1, 0.15) is 16.7 Å². The summed E-state index contributed by atoms with van der Waals surface area (Å²) >= 11 is 0. The second-order valence-corrected chi connectivity index (χ2v) is 3.84. The highest BCUT2D eigenvalue weighted by Gasteiger charge is 2.05. The van der Waals surface area contributed by atoms with Gasteiger partial charge in [0, 0.05) is 18.6 Å². The molecule has 2 heterocycles. The fourth-order valence-corrected chi connectivity index (χ4v) is 1.55. The van der Waals surface area contributed by atoms with Crippen LogP contribution >= 0.6 is 0 Å². The lowest BCUT2D eigenvalue weighted by molar-refractivity contribution is 0.712. The molecular formula is C12H10N4O2. The molecule has 0 atom stereocenters. The molecule has 2 aromatic rings. The van der Waals surface area contributed by atoms with Gasteiger partial charge in [-0.3, -0.25) is 19.3 Å². The molecule has 0 saturated heterocycles. The van der Waals surface area contributed by atoms with Crippen LogP contribution in [0, 0.1) is 18.3 Å². The number of aromatic amines is 1. The predicted octanol–water partition coefficient (Wildman–Crippen LogP) is 0.160. The van der Waals surface area contributed by atoms with Gasteiger partial charge >= 0.3 is 5.69 Å². The zero-order chi connectivity index (χ0) is 13.1. The first kappa shape index (κ1) is 11.8. The zero-order valence-corrected chi connectivity index (χ0v) is 9.67. The van der Waals surface area contributed by atoms with E-state index in [2.05, 4.69) is 9.97 Å². The van der Waals surface area contributed by atoms with E-state index in [1.165, 1.54) is 10.8 Å². The first-order chi connectivity index (χ1) is 8.61. The van der Waals surface area contributed by atoms with Crippen LogP contribution < -0.4 is 11.2 Å². The van der Waals surface area contributed by atoms with E-state index in [4.69, 9.17) is 5.26 Å². The topological polar surface area (TPSA) is 91.5 Å². The normalized spacial score (nSPS) is 10.0. The van der Waals surface area contributed by atoms with Crippen molar-refractivity contribution in [2.75, 3.05) is 0 Å². The smallest absolute Gasteiger partial charge is 0.295 e. The van der Waals surface area contributed by atoms with Crippen LogP contribution in [0.15, 0.2) is 34.2 Å². The first-order valence-electron chi connectivity index (χ1n) is 5.25. The van der Waals surface area contributed by atoms with E-state index in [0.29, 0.717) is 0 Å². The number of pyridine rings is 1. The molecule has 6 heteroatoms. The maximum absolute atomic E-state index is 11.6. The fraction of sp³-hybridized carbons (Fsp3) is 0.167. The lowest BCUT2D eigenvalue weighted by Gasteiger charge is -2.07. The molecule has 0 aromatic carbocycles. The van der Waals surface area contributed by atoms with E-state index in [1.54, 1.807) is 18.5 Å². The van der Waals surface area contributed by atoms with Gasteiger partial charge in [0.1, 0.15) is 11.6 Å². The summed E-state index contributed by atoms with van der Waals surface area (Å²) < 4.78 is 1.28. The Morgan fingerprint density at radius 3 is 2.94 bits per heavy atom. The fourth-order valence-electron chi connectivity index (χ4n) is 1.55. The van der Waals surface area contributed by atoms with E-state index in [-0.39, 0.29) is 12.1 Å². The summed E-state index contributed by atoms with van der Waals surface area (Å²) in [6.07, 6.45) is 4.57. The van der Waals surface area contributed by atoms with Crippen LogP contribution in [-0.2, 0) is 6.54 Å². The molecule has 6 nitrogen and oxygen atoms in total. The third kappa shape index (κ3) is 2.20. The van der Waals surface area contributed by atoms with Crippen LogP contribution in [0.25, 0.3) is 0 Å². The van der Waals surface area contributed by atoms with Gasteiger partial charge in [-0.1, -0.05) is 0 Å². The predicted molar refractivity (Wildman–Crippen MR) is 64.1 cm³/mol.